The van der Waals surface area contributed by atoms with E-state index in [1.807, 2.05) is 0 Å². The number of rotatable bonds is 5. The summed E-state index contributed by atoms with van der Waals surface area (Å²) in [5.74, 6) is 4.10. The van der Waals surface area contributed by atoms with E-state index < -0.39 is 0 Å². The highest BCUT2D eigenvalue weighted by molar-refractivity contribution is 8.00. The molecule has 0 aromatic rings. The number of terminal acetylenes is 1. The van der Waals surface area contributed by atoms with Crippen LogP contribution in [0.5, 0.6) is 0 Å². The first-order valence-electron chi connectivity index (χ1n) is 5.17. The van der Waals surface area contributed by atoms with Gasteiger partial charge >= 0.3 is 0 Å². The first-order valence-corrected chi connectivity index (χ1v) is 6.21. The van der Waals surface area contributed by atoms with Crippen LogP contribution in [0.2, 0.25) is 0 Å². The van der Waals surface area contributed by atoms with E-state index in [2.05, 4.69) is 29.9 Å². The highest BCUT2D eigenvalue weighted by atomic mass is 32.2. The lowest BCUT2D eigenvalue weighted by Crippen LogP contribution is -2.37. The van der Waals surface area contributed by atoms with E-state index >= 15 is 0 Å². The van der Waals surface area contributed by atoms with Crippen molar-refractivity contribution in [3.8, 4) is 12.3 Å². The molecule has 2 atom stereocenters. The summed E-state index contributed by atoms with van der Waals surface area (Å²) in [6, 6.07) is 0.553. The first kappa shape index (κ1) is 10.9. The second-order valence-electron chi connectivity index (χ2n) is 3.52. The normalized spacial score (nSPS) is 24.2. The fraction of sp³-hybridized carbons (Fsp3) is 0.818. The molecule has 0 radical (unpaired) electrons. The van der Waals surface area contributed by atoms with Gasteiger partial charge in [-0.15, -0.1) is 12.3 Å². The molecule has 1 nitrogen and oxygen atoms in total. The van der Waals surface area contributed by atoms with Gasteiger partial charge in [0.1, 0.15) is 0 Å². The lowest BCUT2D eigenvalue weighted by molar-refractivity contribution is 0.493. The van der Waals surface area contributed by atoms with Gasteiger partial charge in [0.2, 0.25) is 0 Å². The second kappa shape index (κ2) is 6.34. The van der Waals surface area contributed by atoms with Crippen LogP contribution in [0.15, 0.2) is 0 Å². The predicted octanol–water partition coefficient (Wildman–Crippen LogP) is 2.27. The Hall–Kier alpha value is -0.130. The smallest absolute Gasteiger partial charge is 0.0295 e. The molecule has 1 heterocycles. The summed E-state index contributed by atoms with van der Waals surface area (Å²) < 4.78 is 0. The van der Waals surface area contributed by atoms with E-state index in [9.17, 15) is 0 Å². The molecule has 74 valence electrons. The Labute approximate surface area is 86.1 Å². The summed E-state index contributed by atoms with van der Waals surface area (Å²) in [7, 11) is 0. The van der Waals surface area contributed by atoms with Gasteiger partial charge < -0.3 is 5.32 Å². The summed E-state index contributed by atoms with van der Waals surface area (Å²) in [5.41, 5.74) is 0. The molecule has 0 aromatic heterocycles. The van der Waals surface area contributed by atoms with E-state index in [1.165, 1.54) is 25.0 Å². The van der Waals surface area contributed by atoms with Crippen LogP contribution in [0.4, 0.5) is 0 Å². The molecule has 1 rings (SSSR count). The lowest BCUT2D eigenvalue weighted by Gasteiger charge is -2.21. The lowest BCUT2D eigenvalue weighted by atomic mass is 10.1. The summed E-state index contributed by atoms with van der Waals surface area (Å²) in [5, 5.41) is 4.32. The van der Waals surface area contributed by atoms with Gasteiger partial charge in [0, 0.05) is 17.7 Å². The maximum atomic E-state index is 5.37. The van der Waals surface area contributed by atoms with Gasteiger partial charge in [-0.2, -0.15) is 11.8 Å². The number of thioether (sulfide) groups is 1. The van der Waals surface area contributed by atoms with Crippen molar-refractivity contribution in [1.29, 1.82) is 0 Å². The number of hydrogen-bond donors (Lipinski definition) is 1. The van der Waals surface area contributed by atoms with Gasteiger partial charge in [0.15, 0.2) is 0 Å². The Kier molecular flexibility index (Phi) is 5.34. The SMILES string of the molecule is C#CCC(NCCC)C1CCCS1. The summed E-state index contributed by atoms with van der Waals surface area (Å²) in [4.78, 5) is 0. The van der Waals surface area contributed by atoms with Crippen LogP contribution < -0.4 is 5.32 Å². The van der Waals surface area contributed by atoms with Gasteiger partial charge in [0.25, 0.3) is 0 Å². The Balaban J connectivity index is 2.32. The minimum absolute atomic E-state index is 0.553. The van der Waals surface area contributed by atoms with Gasteiger partial charge in [-0.25, -0.2) is 0 Å². The van der Waals surface area contributed by atoms with Crippen LogP contribution in [0.1, 0.15) is 32.6 Å². The third-order valence-electron chi connectivity index (χ3n) is 2.41. The van der Waals surface area contributed by atoms with Crippen molar-refractivity contribution in [1.82, 2.24) is 5.32 Å². The van der Waals surface area contributed by atoms with Crippen molar-refractivity contribution in [2.24, 2.45) is 0 Å². The summed E-state index contributed by atoms with van der Waals surface area (Å²) >= 11 is 2.08. The highest BCUT2D eigenvalue weighted by Crippen LogP contribution is 2.29. The maximum Gasteiger partial charge on any atom is 0.0295 e. The van der Waals surface area contributed by atoms with Gasteiger partial charge in [-0.3, -0.25) is 0 Å². The fourth-order valence-electron chi connectivity index (χ4n) is 1.71. The zero-order chi connectivity index (χ0) is 9.52. The Morgan fingerprint density at radius 3 is 3.08 bits per heavy atom. The maximum absolute atomic E-state index is 5.37. The van der Waals surface area contributed by atoms with Crippen molar-refractivity contribution in [2.45, 2.75) is 43.9 Å². The third-order valence-corrected chi connectivity index (χ3v) is 3.92. The zero-order valence-electron chi connectivity index (χ0n) is 8.38. The Bertz CT molecular complexity index is 167. The van der Waals surface area contributed by atoms with Crippen LogP contribution >= 0.6 is 11.8 Å². The molecule has 0 spiro atoms. The minimum atomic E-state index is 0.553. The number of hydrogen-bond acceptors (Lipinski definition) is 2. The molecule has 0 aromatic carbocycles. The monoisotopic (exact) mass is 197 g/mol. The van der Waals surface area contributed by atoms with Crippen molar-refractivity contribution < 1.29 is 0 Å². The quantitative estimate of drug-likeness (QED) is 0.679. The standard InChI is InChI=1S/C11H19NS/c1-3-6-10(12-8-4-2)11-7-5-9-13-11/h1,10-12H,4-9H2,2H3. The van der Waals surface area contributed by atoms with E-state index in [4.69, 9.17) is 6.42 Å². The molecule has 0 amide bonds. The summed E-state index contributed by atoms with van der Waals surface area (Å²) in [6.07, 6.45) is 10.2. The Morgan fingerprint density at radius 2 is 2.54 bits per heavy atom. The molecule has 13 heavy (non-hydrogen) atoms. The first-order chi connectivity index (χ1) is 6.38. The van der Waals surface area contributed by atoms with Crippen molar-refractivity contribution in [3.05, 3.63) is 0 Å². The van der Waals surface area contributed by atoms with Crippen molar-refractivity contribution in [3.63, 3.8) is 0 Å². The van der Waals surface area contributed by atoms with Crippen LogP contribution in [-0.2, 0) is 0 Å². The van der Waals surface area contributed by atoms with Gasteiger partial charge in [-0.1, -0.05) is 6.92 Å². The topological polar surface area (TPSA) is 12.0 Å². The molecule has 2 heteroatoms. The Morgan fingerprint density at radius 1 is 1.69 bits per heavy atom. The van der Waals surface area contributed by atoms with Crippen molar-refractivity contribution in [2.75, 3.05) is 12.3 Å². The molecule has 0 aliphatic carbocycles. The average molecular weight is 197 g/mol. The second-order valence-corrected chi connectivity index (χ2v) is 4.87. The third kappa shape index (κ3) is 3.62. The predicted molar refractivity (Wildman–Crippen MR) is 61.0 cm³/mol. The molecule has 1 saturated heterocycles. The van der Waals surface area contributed by atoms with Crippen LogP contribution in [0.3, 0.4) is 0 Å². The number of nitrogens with one attached hydrogen (secondary N) is 1. The molecule has 2 unspecified atom stereocenters. The van der Waals surface area contributed by atoms with E-state index in [0.717, 1.165) is 18.2 Å². The minimum Gasteiger partial charge on any atom is -0.312 e. The van der Waals surface area contributed by atoms with E-state index in [1.54, 1.807) is 0 Å². The fourth-order valence-corrected chi connectivity index (χ4v) is 3.11. The molecular weight excluding hydrogens is 178 g/mol. The molecular formula is C11H19NS. The molecule has 1 aliphatic rings. The van der Waals surface area contributed by atoms with Crippen molar-refractivity contribution >= 4 is 11.8 Å². The van der Waals surface area contributed by atoms with Crippen LogP contribution in [-0.4, -0.2) is 23.6 Å². The molecule has 1 aliphatic heterocycles. The molecule has 0 bridgehead atoms. The molecule has 1 fully saturated rings. The molecule has 0 saturated carbocycles. The molecule has 1 N–H and O–H groups in total. The van der Waals surface area contributed by atoms with E-state index in [0.29, 0.717) is 6.04 Å². The largest absolute Gasteiger partial charge is 0.312 e. The van der Waals surface area contributed by atoms with Gasteiger partial charge in [0.05, 0.1) is 0 Å². The highest BCUT2D eigenvalue weighted by Gasteiger charge is 2.23. The van der Waals surface area contributed by atoms with Gasteiger partial charge in [-0.05, 0) is 31.6 Å². The van der Waals surface area contributed by atoms with Crippen LogP contribution in [0, 0.1) is 12.3 Å². The average Bonchev–Trinajstić information content (AvgIpc) is 2.65. The zero-order valence-corrected chi connectivity index (χ0v) is 9.20. The summed E-state index contributed by atoms with van der Waals surface area (Å²) in [6.45, 7) is 3.30. The van der Waals surface area contributed by atoms with E-state index in [-0.39, 0.29) is 0 Å². The van der Waals surface area contributed by atoms with Crippen LogP contribution in [0.25, 0.3) is 0 Å².